The Labute approximate surface area is 169 Å². The van der Waals surface area contributed by atoms with Crippen molar-refractivity contribution in [2.45, 2.75) is 57.0 Å². The number of nitrogens with one attached hydrogen (secondary N) is 2. The van der Waals surface area contributed by atoms with Gasteiger partial charge in [-0.1, -0.05) is 40.9 Å². The van der Waals surface area contributed by atoms with Gasteiger partial charge in [0.1, 0.15) is 5.82 Å². The zero-order valence-corrected chi connectivity index (χ0v) is 17.4. The molecule has 1 fully saturated rings. The first-order valence-electron chi connectivity index (χ1n) is 9.82. The minimum Gasteiger partial charge on any atom is -0.356 e. The third-order valence-electron chi connectivity index (χ3n) is 5.94. The van der Waals surface area contributed by atoms with Crippen LogP contribution in [-0.4, -0.2) is 34.3 Å². The minimum absolute atomic E-state index is 0.189. The highest BCUT2D eigenvalue weighted by Crippen LogP contribution is 2.40. The summed E-state index contributed by atoms with van der Waals surface area (Å²) in [7, 11) is 1.82. The number of benzene rings is 1. The fraction of sp³-hybridized carbons (Fsp3) is 0.550. The highest BCUT2D eigenvalue weighted by molar-refractivity contribution is 9.10. The molecule has 0 spiro atoms. The van der Waals surface area contributed by atoms with Crippen LogP contribution in [0.3, 0.4) is 0 Å². The Bertz CT molecular complexity index is 804. The second-order valence-corrected chi connectivity index (χ2v) is 8.48. The first kappa shape index (κ1) is 18.5. The molecule has 0 unspecified atom stereocenters. The highest BCUT2D eigenvalue weighted by atomic mass is 79.9. The summed E-state index contributed by atoms with van der Waals surface area (Å²) < 4.78 is 3.35. The number of aliphatic imine (C=N–C) groups is 1. The molecule has 2 N–H and O–H groups in total. The molecular weight excluding hydrogens is 404 g/mol. The average Bonchev–Trinajstić information content (AvgIpc) is 3.41. The van der Waals surface area contributed by atoms with Crippen molar-refractivity contribution >= 4 is 21.9 Å². The molecule has 2 aliphatic rings. The van der Waals surface area contributed by atoms with E-state index < -0.39 is 0 Å². The van der Waals surface area contributed by atoms with Gasteiger partial charge in [0, 0.05) is 36.4 Å². The quantitative estimate of drug-likeness (QED) is 0.564. The molecule has 6 nitrogen and oxygen atoms in total. The van der Waals surface area contributed by atoms with Crippen molar-refractivity contribution in [3.8, 4) is 0 Å². The lowest BCUT2D eigenvalue weighted by atomic mass is 9.79. The van der Waals surface area contributed by atoms with Gasteiger partial charge in [0.25, 0.3) is 0 Å². The van der Waals surface area contributed by atoms with Crippen molar-refractivity contribution in [1.82, 2.24) is 25.4 Å². The van der Waals surface area contributed by atoms with E-state index in [1.165, 1.54) is 37.7 Å². The normalized spacial score (nSPS) is 18.5. The Morgan fingerprint density at radius 3 is 2.67 bits per heavy atom. The summed E-state index contributed by atoms with van der Waals surface area (Å²) >= 11 is 3.55. The van der Waals surface area contributed by atoms with E-state index in [0.717, 1.165) is 41.6 Å². The number of aryl methyl sites for hydroxylation is 1. The van der Waals surface area contributed by atoms with Crippen LogP contribution in [0.2, 0.25) is 0 Å². The van der Waals surface area contributed by atoms with Crippen molar-refractivity contribution in [2.24, 2.45) is 4.99 Å². The van der Waals surface area contributed by atoms with Crippen LogP contribution < -0.4 is 10.6 Å². The average molecular weight is 431 g/mol. The lowest BCUT2D eigenvalue weighted by Gasteiger charge is -2.31. The molecule has 1 saturated carbocycles. The van der Waals surface area contributed by atoms with E-state index in [0.29, 0.717) is 6.54 Å². The molecule has 1 aliphatic carbocycles. The largest absolute Gasteiger partial charge is 0.356 e. The van der Waals surface area contributed by atoms with E-state index in [1.54, 1.807) is 0 Å². The summed E-state index contributed by atoms with van der Waals surface area (Å²) in [5.74, 6) is 2.93. The van der Waals surface area contributed by atoms with Gasteiger partial charge in [0.05, 0.1) is 6.54 Å². The van der Waals surface area contributed by atoms with Gasteiger partial charge in [-0.25, -0.2) is 0 Å². The summed E-state index contributed by atoms with van der Waals surface area (Å²) in [4.78, 5) is 4.41. The van der Waals surface area contributed by atoms with Crippen molar-refractivity contribution < 1.29 is 0 Å². The van der Waals surface area contributed by atoms with Crippen LogP contribution in [0.4, 0.5) is 0 Å². The van der Waals surface area contributed by atoms with Crippen molar-refractivity contribution in [3.05, 3.63) is 46.0 Å². The summed E-state index contributed by atoms with van der Waals surface area (Å²) in [5.41, 5.74) is 1.61. The summed E-state index contributed by atoms with van der Waals surface area (Å²) in [6.45, 7) is 2.57. The number of rotatable bonds is 5. The zero-order valence-electron chi connectivity index (χ0n) is 15.8. The number of aromatic nitrogens is 3. The third-order valence-corrected chi connectivity index (χ3v) is 6.46. The van der Waals surface area contributed by atoms with Crippen LogP contribution in [0.25, 0.3) is 0 Å². The van der Waals surface area contributed by atoms with Crippen LogP contribution in [0.15, 0.2) is 33.7 Å². The molecule has 1 aliphatic heterocycles. The summed E-state index contributed by atoms with van der Waals surface area (Å²) in [6, 6.07) is 8.81. The number of halogens is 1. The van der Waals surface area contributed by atoms with Crippen molar-refractivity contribution in [1.29, 1.82) is 0 Å². The van der Waals surface area contributed by atoms with E-state index >= 15 is 0 Å². The highest BCUT2D eigenvalue weighted by Gasteiger charge is 2.35. The Morgan fingerprint density at radius 1 is 1.15 bits per heavy atom. The molecule has 7 heteroatoms. The van der Waals surface area contributed by atoms with Gasteiger partial charge >= 0.3 is 0 Å². The number of guanidine groups is 1. The molecule has 1 aromatic heterocycles. The van der Waals surface area contributed by atoms with E-state index in [9.17, 15) is 0 Å². The Morgan fingerprint density at radius 2 is 1.93 bits per heavy atom. The maximum absolute atomic E-state index is 4.41. The standard InChI is InChI=1S/C20H27BrN6/c1-22-19(23-13-18-26-25-17-5-4-12-27(17)18)24-14-20(10-2-3-11-20)15-6-8-16(21)9-7-15/h6-9H,2-5,10-14H2,1H3,(H2,22,23,24). The third kappa shape index (κ3) is 3.88. The second-order valence-electron chi connectivity index (χ2n) is 7.56. The molecule has 2 heterocycles. The first-order valence-corrected chi connectivity index (χ1v) is 10.6. The molecule has 144 valence electrons. The lowest BCUT2D eigenvalue weighted by Crippen LogP contribution is -2.44. The molecule has 4 rings (SSSR count). The number of fused-ring (bicyclic) bond motifs is 1. The molecule has 0 bridgehead atoms. The summed E-state index contributed by atoms with van der Waals surface area (Å²) in [5, 5.41) is 15.6. The topological polar surface area (TPSA) is 67.1 Å². The maximum atomic E-state index is 4.41. The van der Waals surface area contributed by atoms with Crippen LogP contribution in [-0.2, 0) is 24.9 Å². The van der Waals surface area contributed by atoms with Crippen LogP contribution in [0, 0.1) is 0 Å². The van der Waals surface area contributed by atoms with E-state index in [-0.39, 0.29) is 5.41 Å². The van der Waals surface area contributed by atoms with E-state index in [1.807, 2.05) is 7.05 Å². The van der Waals surface area contributed by atoms with Crippen LogP contribution in [0.1, 0.15) is 49.3 Å². The Kier molecular flexibility index (Phi) is 5.48. The van der Waals surface area contributed by atoms with Crippen molar-refractivity contribution in [3.63, 3.8) is 0 Å². The molecule has 1 aromatic carbocycles. The van der Waals surface area contributed by atoms with Crippen LogP contribution >= 0.6 is 15.9 Å². The molecule has 2 aromatic rings. The summed E-state index contributed by atoms with van der Waals surface area (Å²) in [6.07, 6.45) is 7.22. The van der Waals surface area contributed by atoms with E-state index in [2.05, 4.69) is 70.6 Å². The Hall–Kier alpha value is -1.89. The fourth-order valence-electron chi connectivity index (χ4n) is 4.40. The molecule has 0 saturated heterocycles. The van der Waals surface area contributed by atoms with Gasteiger partial charge in [-0.15, -0.1) is 10.2 Å². The van der Waals surface area contributed by atoms with Gasteiger partial charge in [-0.05, 0) is 37.0 Å². The fourth-order valence-corrected chi connectivity index (χ4v) is 4.66. The van der Waals surface area contributed by atoms with Gasteiger partial charge in [0.15, 0.2) is 11.8 Å². The van der Waals surface area contributed by atoms with Gasteiger partial charge in [-0.3, -0.25) is 4.99 Å². The number of hydrogen-bond donors (Lipinski definition) is 2. The van der Waals surface area contributed by atoms with E-state index in [4.69, 9.17) is 0 Å². The lowest BCUT2D eigenvalue weighted by molar-refractivity contribution is 0.431. The SMILES string of the molecule is CN=C(NCc1nnc2n1CCC2)NCC1(c2ccc(Br)cc2)CCCC1. The smallest absolute Gasteiger partial charge is 0.191 e. The predicted molar refractivity (Wildman–Crippen MR) is 111 cm³/mol. The Balaban J connectivity index is 1.39. The minimum atomic E-state index is 0.189. The second kappa shape index (κ2) is 8.00. The monoisotopic (exact) mass is 430 g/mol. The van der Waals surface area contributed by atoms with Crippen molar-refractivity contribution in [2.75, 3.05) is 13.6 Å². The maximum Gasteiger partial charge on any atom is 0.191 e. The van der Waals surface area contributed by atoms with Gasteiger partial charge in [0.2, 0.25) is 0 Å². The first-order chi connectivity index (χ1) is 13.2. The van der Waals surface area contributed by atoms with Crippen LogP contribution in [0.5, 0.6) is 0 Å². The molecule has 0 radical (unpaired) electrons. The molecule has 0 atom stereocenters. The number of hydrogen-bond acceptors (Lipinski definition) is 3. The number of nitrogens with zero attached hydrogens (tertiary/aromatic N) is 4. The van der Waals surface area contributed by atoms with Gasteiger partial charge in [-0.2, -0.15) is 0 Å². The molecule has 0 amide bonds. The zero-order chi connectivity index (χ0) is 18.7. The predicted octanol–water partition coefficient (Wildman–Crippen LogP) is 3.16. The molecular formula is C20H27BrN6. The molecule has 27 heavy (non-hydrogen) atoms. The van der Waals surface area contributed by atoms with Gasteiger partial charge < -0.3 is 15.2 Å².